The second-order valence-electron chi connectivity index (χ2n) is 7.19. The molecule has 2 aliphatic carbocycles. The van der Waals surface area contributed by atoms with Gasteiger partial charge in [0.1, 0.15) is 5.60 Å². The Bertz CT molecular complexity index is 462. The third-order valence-electron chi connectivity index (χ3n) is 3.83. The number of rotatable bonds is 5. The molecule has 0 spiro atoms. The number of ether oxygens (including phenoxy) is 1. The summed E-state index contributed by atoms with van der Waals surface area (Å²) in [7, 11) is 1.77. The number of nitrogens with one attached hydrogen (secondary N) is 2. The van der Waals surface area contributed by atoms with Crippen LogP contribution in [0.25, 0.3) is 0 Å². The maximum atomic E-state index is 12.3. The first-order valence-corrected chi connectivity index (χ1v) is 8.51. The highest BCUT2D eigenvalue weighted by Crippen LogP contribution is 2.28. The van der Waals surface area contributed by atoms with Crippen molar-refractivity contribution in [3.05, 3.63) is 12.2 Å². The number of guanidine groups is 1. The highest BCUT2D eigenvalue weighted by molar-refractivity contribution is 14.0. The van der Waals surface area contributed by atoms with E-state index in [4.69, 9.17) is 4.74 Å². The molecule has 0 aliphatic heterocycles. The number of nitrogens with zero attached hydrogens (tertiary/aromatic N) is 2. The van der Waals surface area contributed by atoms with Gasteiger partial charge in [0.25, 0.3) is 0 Å². The topological polar surface area (TPSA) is 66.0 Å². The average Bonchev–Trinajstić information content (AvgIpc) is 3.16. The highest BCUT2D eigenvalue weighted by atomic mass is 127. The second kappa shape index (κ2) is 9.48. The Morgan fingerprint density at radius 1 is 1.29 bits per heavy atom. The maximum absolute atomic E-state index is 12.3. The van der Waals surface area contributed by atoms with Gasteiger partial charge >= 0.3 is 6.09 Å². The van der Waals surface area contributed by atoms with Gasteiger partial charge in [0.2, 0.25) is 0 Å². The molecule has 0 atom stereocenters. The predicted octanol–water partition coefficient (Wildman–Crippen LogP) is 2.89. The zero-order valence-electron chi connectivity index (χ0n) is 15.2. The van der Waals surface area contributed by atoms with Crippen LogP contribution in [0, 0.1) is 0 Å². The van der Waals surface area contributed by atoms with E-state index >= 15 is 0 Å². The zero-order chi connectivity index (χ0) is 16.9. The third-order valence-corrected chi connectivity index (χ3v) is 3.83. The van der Waals surface area contributed by atoms with Crippen LogP contribution in [0.3, 0.4) is 0 Å². The van der Waals surface area contributed by atoms with Crippen LogP contribution < -0.4 is 10.6 Å². The summed E-state index contributed by atoms with van der Waals surface area (Å²) >= 11 is 0. The van der Waals surface area contributed by atoms with Crippen LogP contribution in [-0.4, -0.2) is 54.8 Å². The SMILES string of the molecule is CN=C(NCCN(C(=O)OC(C)(C)C)C1CC1)NC1CC=CC1.I. The van der Waals surface area contributed by atoms with Crippen LogP contribution in [0.5, 0.6) is 0 Å². The lowest BCUT2D eigenvalue weighted by Gasteiger charge is -2.28. The molecule has 1 amide bonds. The van der Waals surface area contributed by atoms with E-state index in [1.165, 1.54) is 0 Å². The molecule has 0 aromatic carbocycles. The Kier molecular flexibility index (Phi) is 8.32. The van der Waals surface area contributed by atoms with E-state index in [0.717, 1.165) is 31.6 Å². The van der Waals surface area contributed by atoms with Crippen molar-refractivity contribution in [2.24, 2.45) is 4.99 Å². The summed E-state index contributed by atoms with van der Waals surface area (Å²) in [6.45, 7) is 6.99. The third kappa shape index (κ3) is 7.27. The normalized spacial score (nSPS) is 18.1. The minimum atomic E-state index is -0.454. The van der Waals surface area contributed by atoms with E-state index in [-0.39, 0.29) is 30.1 Å². The molecule has 0 aromatic rings. The fourth-order valence-corrected chi connectivity index (χ4v) is 2.55. The standard InChI is InChI=1S/C17H30N4O2.HI/c1-17(2,3)23-16(22)21(14-9-10-14)12-11-19-15(18-4)20-13-7-5-6-8-13;/h5-6,13-14H,7-12H2,1-4H3,(H2,18,19,20);1H. The van der Waals surface area contributed by atoms with Gasteiger partial charge in [-0.2, -0.15) is 0 Å². The van der Waals surface area contributed by atoms with Crippen LogP contribution in [0.2, 0.25) is 0 Å². The lowest BCUT2D eigenvalue weighted by molar-refractivity contribution is 0.0238. The van der Waals surface area contributed by atoms with Crippen molar-refractivity contribution in [2.75, 3.05) is 20.1 Å². The van der Waals surface area contributed by atoms with Crippen LogP contribution >= 0.6 is 24.0 Å². The fourth-order valence-electron chi connectivity index (χ4n) is 2.55. The molecule has 1 saturated carbocycles. The van der Waals surface area contributed by atoms with Crippen molar-refractivity contribution in [1.82, 2.24) is 15.5 Å². The fraction of sp³-hybridized carbons (Fsp3) is 0.765. The van der Waals surface area contributed by atoms with Crippen molar-refractivity contribution in [1.29, 1.82) is 0 Å². The molecule has 7 heteroatoms. The smallest absolute Gasteiger partial charge is 0.410 e. The molecule has 2 rings (SSSR count). The number of aliphatic imine (C=N–C) groups is 1. The first-order chi connectivity index (χ1) is 10.9. The van der Waals surface area contributed by atoms with Gasteiger partial charge in [-0.15, -0.1) is 24.0 Å². The number of hydrogen-bond acceptors (Lipinski definition) is 3. The summed E-state index contributed by atoms with van der Waals surface area (Å²) in [6, 6.07) is 0.757. The van der Waals surface area contributed by atoms with Crippen molar-refractivity contribution in [2.45, 2.75) is 64.1 Å². The number of halogens is 1. The van der Waals surface area contributed by atoms with E-state index in [1.54, 1.807) is 7.05 Å². The lowest BCUT2D eigenvalue weighted by atomic mass is 10.2. The van der Waals surface area contributed by atoms with E-state index < -0.39 is 5.60 Å². The quantitative estimate of drug-likeness (QED) is 0.293. The Hall–Kier alpha value is -0.990. The summed E-state index contributed by atoms with van der Waals surface area (Å²) in [5.41, 5.74) is -0.454. The molecule has 0 radical (unpaired) electrons. The van der Waals surface area contributed by atoms with Crippen LogP contribution in [0.15, 0.2) is 17.1 Å². The molecule has 0 heterocycles. The van der Waals surface area contributed by atoms with Gasteiger partial charge in [-0.25, -0.2) is 4.79 Å². The lowest BCUT2D eigenvalue weighted by Crippen LogP contribution is -2.47. The molecular formula is C17H31IN4O2. The first-order valence-electron chi connectivity index (χ1n) is 8.51. The van der Waals surface area contributed by atoms with Gasteiger partial charge in [0, 0.05) is 32.2 Å². The molecule has 0 aromatic heterocycles. The molecular weight excluding hydrogens is 419 g/mol. The van der Waals surface area contributed by atoms with E-state index in [0.29, 0.717) is 25.2 Å². The van der Waals surface area contributed by atoms with E-state index in [1.807, 2.05) is 25.7 Å². The summed E-state index contributed by atoms with van der Waals surface area (Å²) in [5.74, 6) is 0.790. The minimum Gasteiger partial charge on any atom is -0.444 e. The number of amides is 1. The van der Waals surface area contributed by atoms with Gasteiger partial charge in [-0.3, -0.25) is 4.99 Å². The van der Waals surface area contributed by atoms with Gasteiger partial charge < -0.3 is 20.3 Å². The molecule has 0 saturated heterocycles. The van der Waals surface area contributed by atoms with Crippen molar-refractivity contribution in [3.8, 4) is 0 Å². The summed E-state index contributed by atoms with van der Waals surface area (Å²) in [6.07, 6.45) is 8.36. The Balaban J connectivity index is 0.00000288. The highest BCUT2D eigenvalue weighted by Gasteiger charge is 2.34. The molecule has 138 valence electrons. The monoisotopic (exact) mass is 450 g/mol. The van der Waals surface area contributed by atoms with Crippen molar-refractivity contribution >= 4 is 36.0 Å². The Morgan fingerprint density at radius 3 is 2.42 bits per heavy atom. The average molecular weight is 450 g/mol. The van der Waals surface area contributed by atoms with Gasteiger partial charge in [0.15, 0.2) is 5.96 Å². The first kappa shape index (κ1) is 21.1. The molecule has 2 aliphatic rings. The molecule has 0 bridgehead atoms. The largest absolute Gasteiger partial charge is 0.444 e. The Labute approximate surface area is 162 Å². The molecule has 24 heavy (non-hydrogen) atoms. The van der Waals surface area contributed by atoms with Gasteiger partial charge in [0.05, 0.1) is 0 Å². The van der Waals surface area contributed by atoms with Gasteiger partial charge in [-0.05, 0) is 46.5 Å². The minimum absolute atomic E-state index is 0. The summed E-state index contributed by atoms with van der Waals surface area (Å²) in [5, 5.41) is 6.68. The predicted molar refractivity (Wildman–Crippen MR) is 108 cm³/mol. The van der Waals surface area contributed by atoms with E-state index in [9.17, 15) is 4.79 Å². The second-order valence-corrected chi connectivity index (χ2v) is 7.19. The zero-order valence-corrected chi connectivity index (χ0v) is 17.5. The van der Waals surface area contributed by atoms with Crippen LogP contribution in [0.1, 0.15) is 46.5 Å². The van der Waals surface area contributed by atoms with Crippen LogP contribution in [-0.2, 0) is 4.74 Å². The maximum Gasteiger partial charge on any atom is 0.410 e. The number of carbonyl (C=O) groups is 1. The molecule has 6 nitrogen and oxygen atoms in total. The van der Waals surface area contributed by atoms with Crippen molar-refractivity contribution in [3.63, 3.8) is 0 Å². The van der Waals surface area contributed by atoms with Crippen molar-refractivity contribution < 1.29 is 9.53 Å². The molecule has 0 unspecified atom stereocenters. The summed E-state index contributed by atoms with van der Waals surface area (Å²) in [4.78, 5) is 18.4. The van der Waals surface area contributed by atoms with E-state index in [2.05, 4.69) is 27.8 Å². The van der Waals surface area contributed by atoms with Gasteiger partial charge in [-0.1, -0.05) is 12.2 Å². The Morgan fingerprint density at radius 2 is 1.92 bits per heavy atom. The molecule has 1 fully saturated rings. The molecule has 2 N–H and O–H groups in total. The number of carbonyl (C=O) groups excluding carboxylic acids is 1. The summed E-state index contributed by atoms with van der Waals surface area (Å²) < 4.78 is 5.50. The number of hydrogen-bond donors (Lipinski definition) is 2. The van der Waals surface area contributed by atoms with Crippen LogP contribution in [0.4, 0.5) is 4.79 Å².